The van der Waals surface area contributed by atoms with Crippen LogP contribution in [0.1, 0.15) is 11.1 Å². The Morgan fingerprint density at radius 2 is 2.10 bits per heavy atom. The number of benzene rings is 1. The fourth-order valence-electron chi connectivity index (χ4n) is 1.63. The van der Waals surface area contributed by atoms with Crippen LogP contribution in [0.3, 0.4) is 0 Å². The van der Waals surface area contributed by atoms with Gasteiger partial charge in [0.1, 0.15) is 5.82 Å². The molecule has 0 atom stereocenters. The van der Waals surface area contributed by atoms with E-state index < -0.39 is 0 Å². The number of halogens is 1. The van der Waals surface area contributed by atoms with Crippen LogP contribution in [0, 0.1) is 13.8 Å². The lowest BCUT2D eigenvalue weighted by atomic mass is 10.2. The number of thioether (sulfide) groups is 1. The molecule has 0 saturated carbocycles. The maximum absolute atomic E-state index is 11.9. The van der Waals surface area contributed by atoms with Crippen LogP contribution in [-0.4, -0.2) is 16.6 Å². The van der Waals surface area contributed by atoms with Crippen LogP contribution in [0.4, 0.5) is 5.82 Å². The number of aromatic nitrogens is 1. The highest BCUT2D eigenvalue weighted by molar-refractivity contribution is 8.00. The third kappa shape index (κ3) is 4.25. The summed E-state index contributed by atoms with van der Waals surface area (Å²) in [6.07, 6.45) is 1.51. The van der Waals surface area contributed by atoms with Gasteiger partial charge in [0, 0.05) is 11.1 Å². The Morgan fingerprint density at radius 3 is 2.80 bits per heavy atom. The fraction of sp³-hybridized carbons (Fsp3) is 0.200. The van der Waals surface area contributed by atoms with E-state index in [4.69, 9.17) is 11.6 Å². The van der Waals surface area contributed by atoms with Gasteiger partial charge in [0.15, 0.2) is 0 Å². The summed E-state index contributed by atoms with van der Waals surface area (Å²) < 4.78 is 0. The summed E-state index contributed by atoms with van der Waals surface area (Å²) >= 11 is 7.27. The first-order chi connectivity index (χ1) is 9.54. The molecular weight excluding hydrogens is 292 g/mol. The van der Waals surface area contributed by atoms with Gasteiger partial charge in [-0.2, -0.15) is 0 Å². The number of carbonyl (C=O) groups is 1. The Bertz CT molecular complexity index is 614. The summed E-state index contributed by atoms with van der Waals surface area (Å²) in [5.41, 5.74) is 2.37. The van der Waals surface area contributed by atoms with Crippen molar-refractivity contribution in [3.05, 3.63) is 52.7 Å². The van der Waals surface area contributed by atoms with Crippen molar-refractivity contribution in [2.24, 2.45) is 0 Å². The number of hydrogen-bond acceptors (Lipinski definition) is 3. The number of rotatable bonds is 4. The van der Waals surface area contributed by atoms with Crippen molar-refractivity contribution in [3.8, 4) is 0 Å². The van der Waals surface area contributed by atoms with Gasteiger partial charge in [0.2, 0.25) is 5.91 Å². The minimum Gasteiger partial charge on any atom is -0.310 e. The van der Waals surface area contributed by atoms with E-state index >= 15 is 0 Å². The maximum Gasteiger partial charge on any atom is 0.235 e. The van der Waals surface area contributed by atoms with E-state index in [0.717, 1.165) is 4.90 Å². The minimum atomic E-state index is -0.0780. The molecule has 0 aliphatic rings. The number of amides is 1. The van der Waals surface area contributed by atoms with Gasteiger partial charge in [0.05, 0.1) is 10.8 Å². The Labute approximate surface area is 127 Å². The molecule has 0 radical (unpaired) electrons. The Kier molecular flexibility index (Phi) is 5.04. The van der Waals surface area contributed by atoms with E-state index in [-0.39, 0.29) is 5.91 Å². The Morgan fingerprint density at radius 1 is 1.30 bits per heavy atom. The van der Waals surface area contributed by atoms with E-state index in [1.54, 1.807) is 12.1 Å². The topological polar surface area (TPSA) is 42.0 Å². The molecule has 1 aromatic carbocycles. The number of anilines is 1. The molecule has 0 spiro atoms. The number of pyridine rings is 1. The van der Waals surface area contributed by atoms with Crippen molar-refractivity contribution in [1.29, 1.82) is 0 Å². The Balaban J connectivity index is 1.92. The summed E-state index contributed by atoms with van der Waals surface area (Å²) in [7, 11) is 0. The normalized spacial score (nSPS) is 10.3. The van der Waals surface area contributed by atoms with Gasteiger partial charge in [-0.05, 0) is 37.6 Å². The highest BCUT2D eigenvalue weighted by Crippen LogP contribution is 2.23. The smallest absolute Gasteiger partial charge is 0.235 e. The molecule has 0 unspecified atom stereocenters. The second kappa shape index (κ2) is 6.77. The molecule has 2 aromatic rings. The van der Waals surface area contributed by atoms with Crippen molar-refractivity contribution >= 4 is 35.1 Å². The monoisotopic (exact) mass is 306 g/mol. The highest BCUT2D eigenvalue weighted by Gasteiger charge is 2.06. The summed E-state index contributed by atoms with van der Waals surface area (Å²) in [6, 6.07) is 9.60. The second-order valence-electron chi connectivity index (χ2n) is 4.47. The number of carbonyl (C=O) groups excluding carboxylic acids is 1. The lowest BCUT2D eigenvalue weighted by Crippen LogP contribution is -2.14. The van der Waals surface area contributed by atoms with Gasteiger partial charge in [0.25, 0.3) is 0 Å². The molecule has 1 heterocycles. The first kappa shape index (κ1) is 14.9. The van der Waals surface area contributed by atoms with Crippen LogP contribution >= 0.6 is 23.4 Å². The van der Waals surface area contributed by atoms with Gasteiger partial charge in [-0.15, -0.1) is 11.8 Å². The second-order valence-corrected chi connectivity index (χ2v) is 5.92. The average Bonchev–Trinajstić information content (AvgIpc) is 2.42. The Hall–Kier alpha value is -1.52. The maximum atomic E-state index is 11.9. The van der Waals surface area contributed by atoms with Crippen LogP contribution in [-0.2, 0) is 4.79 Å². The van der Waals surface area contributed by atoms with Crippen molar-refractivity contribution in [2.45, 2.75) is 18.7 Å². The molecule has 0 aliphatic heterocycles. The molecule has 1 N–H and O–H groups in total. The van der Waals surface area contributed by atoms with Gasteiger partial charge in [-0.3, -0.25) is 4.79 Å². The third-order valence-corrected chi connectivity index (χ3v) is 4.08. The van der Waals surface area contributed by atoms with Crippen LogP contribution < -0.4 is 5.32 Å². The molecule has 20 heavy (non-hydrogen) atoms. The molecule has 1 amide bonds. The van der Waals surface area contributed by atoms with Gasteiger partial charge < -0.3 is 5.32 Å². The van der Waals surface area contributed by atoms with E-state index in [0.29, 0.717) is 16.6 Å². The molecule has 2 rings (SSSR count). The molecule has 104 valence electrons. The van der Waals surface area contributed by atoms with E-state index in [1.165, 1.54) is 29.1 Å². The van der Waals surface area contributed by atoms with Crippen LogP contribution in [0.2, 0.25) is 5.02 Å². The number of nitrogens with one attached hydrogen (secondary N) is 1. The van der Waals surface area contributed by atoms with Crippen molar-refractivity contribution < 1.29 is 4.79 Å². The fourth-order valence-corrected chi connectivity index (χ4v) is 2.67. The van der Waals surface area contributed by atoms with E-state index in [9.17, 15) is 4.79 Å². The SMILES string of the molecule is Cc1ccc(C)c(SCC(=O)Nc2ccc(Cl)cn2)c1. The van der Waals surface area contributed by atoms with E-state index in [1.807, 2.05) is 13.8 Å². The summed E-state index contributed by atoms with van der Waals surface area (Å²) in [4.78, 5) is 17.0. The lowest BCUT2D eigenvalue weighted by Gasteiger charge is -2.07. The predicted molar refractivity (Wildman–Crippen MR) is 84.5 cm³/mol. The van der Waals surface area contributed by atoms with Crippen LogP contribution in [0.5, 0.6) is 0 Å². The largest absolute Gasteiger partial charge is 0.310 e. The van der Waals surface area contributed by atoms with Crippen LogP contribution in [0.15, 0.2) is 41.4 Å². The molecular formula is C15H15ClN2OS. The lowest BCUT2D eigenvalue weighted by molar-refractivity contribution is -0.113. The third-order valence-electron chi connectivity index (χ3n) is 2.70. The zero-order valence-corrected chi connectivity index (χ0v) is 12.9. The summed E-state index contributed by atoms with van der Waals surface area (Å²) in [6.45, 7) is 4.08. The zero-order chi connectivity index (χ0) is 14.5. The molecule has 1 aromatic heterocycles. The molecule has 0 fully saturated rings. The number of nitrogens with zero attached hydrogens (tertiary/aromatic N) is 1. The predicted octanol–water partition coefficient (Wildman–Crippen LogP) is 4.08. The quantitative estimate of drug-likeness (QED) is 0.865. The van der Waals surface area contributed by atoms with Crippen molar-refractivity contribution in [2.75, 3.05) is 11.1 Å². The minimum absolute atomic E-state index is 0.0780. The first-order valence-corrected chi connectivity index (χ1v) is 7.52. The number of hydrogen-bond donors (Lipinski definition) is 1. The highest BCUT2D eigenvalue weighted by atomic mass is 35.5. The van der Waals surface area contributed by atoms with Crippen molar-refractivity contribution in [1.82, 2.24) is 4.98 Å². The summed E-state index contributed by atoms with van der Waals surface area (Å²) in [5, 5.41) is 3.29. The van der Waals surface area contributed by atoms with Gasteiger partial charge in [-0.1, -0.05) is 29.3 Å². The van der Waals surface area contributed by atoms with Gasteiger partial charge in [-0.25, -0.2) is 4.98 Å². The molecule has 3 nitrogen and oxygen atoms in total. The summed E-state index contributed by atoms with van der Waals surface area (Å²) in [5.74, 6) is 0.793. The van der Waals surface area contributed by atoms with Gasteiger partial charge >= 0.3 is 0 Å². The number of aryl methyl sites for hydroxylation is 2. The zero-order valence-electron chi connectivity index (χ0n) is 11.3. The molecule has 0 bridgehead atoms. The average molecular weight is 307 g/mol. The molecule has 0 saturated heterocycles. The molecule has 5 heteroatoms. The standard InChI is InChI=1S/C15H15ClN2OS/c1-10-3-4-11(2)13(7-10)20-9-15(19)18-14-6-5-12(16)8-17-14/h3-8H,9H2,1-2H3,(H,17,18,19). The molecule has 0 aliphatic carbocycles. The van der Waals surface area contributed by atoms with E-state index in [2.05, 4.69) is 28.5 Å². The van der Waals surface area contributed by atoms with Crippen molar-refractivity contribution in [3.63, 3.8) is 0 Å². The van der Waals surface area contributed by atoms with Crippen LogP contribution in [0.25, 0.3) is 0 Å². The first-order valence-electron chi connectivity index (χ1n) is 6.16.